The van der Waals surface area contributed by atoms with Crippen molar-refractivity contribution in [2.45, 2.75) is 18.9 Å². The summed E-state index contributed by atoms with van der Waals surface area (Å²) in [7, 11) is 0. The molecule has 1 saturated heterocycles. The van der Waals surface area contributed by atoms with Gasteiger partial charge in [0.2, 0.25) is 17.7 Å². The molecule has 2 N–H and O–H groups in total. The Morgan fingerprint density at radius 2 is 2.00 bits per heavy atom. The summed E-state index contributed by atoms with van der Waals surface area (Å²) in [6.07, 6.45) is -0.499. The van der Waals surface area contributed by atoms with Crippen LogP contribution in [0.2, 0.25) is 0 Å². The Labute approximate surface area is 146 Å². The first-order chi connectivity index (χ1) is 11.5. The van der Waals surface area contributed by atoms with Crippen LogP contribution in [0.4, 0.5) is 0 Å². The van der Waals surface area contributed by atoms with Gasteiger partial charge in [-0.3, -0.25) is 19.3 Å². The number of hydrogen-bond acceptors (Lipinski definition) is 6. The summed E-state index contributed by atoms with van der Waals surface area (Å²) in [5.41, 5.74) is 1.11. The predicted molar refractivity (Wildman–Crippen MR) is 91.6 cm³/mol. The van der Waals surface area contributed by atoms with Gasteiger partial charge in [0.05, 0.1) is 0 Å². The van der Waals surface area contributed by atoms with E-state index in [9.17, 15) is 19.5 Å². The second-order valence-corrected chi connectivity index (χ2v) is 7.30. The van der Waals surface area contributed by atoms with E-state index in [1.54, 1.807) is 11.3 Å². The molecule has 3 rings (SSSR count). The van der Waals surface area contributed by atoms with Crippen LogP contribution in [-0.4, -0.2) is 40.8 Å². The first kappa shape index (κ1) is 16.8. The van der Waals surface area contributed by atoms with Gasteiger partial charge in [0.1, 0.15) is 12.6 Å². The maximum atomic E-state index is 11.9. The summed E-state index contributed by atoms with van der Waals surface area (Å²) < 4.78 is 0. The van der Waals surface area contributed by atoms with Gasteiger partial charge in [0.25, 0.3) is 0 Å². The molecular weight excluding hydrogens is 348 g/mol. The monoisotopic (exact) mass is 364 g/mol. The molecular formula is C16H16N2O4S2. The highest BCUT2D eigenvalue weighted by Gasteiger charge is 2.30. The number of rotatable bonds is 6. The first-order valence-electron chi connectivity index (χ1n) is 7.45. The van der Waals surface area contributed by atoms with E-state index in [0.717, 1.165) is 20.2 Å². The van der Waals surface area contributed by atoms with Crippen LogP contribution < -0.4 is 5.32 Å². The third-order valence-electron chi connectivity index (χ3n) is 3.71. The summed E-state index contributed by atoms with van der Waals surface area (Å²) in [5, 5.41) is 16.8. The molecule has 1 aliphatic rings. The molecule has 0 aliphatic carbocycles. The van der Waals surface area contributed by atoms with E-state index < -0.39 is 12.0 Å². The van der Waals surface area contributed by atoms with Gasteiger partial charge in [-0.05, 0) is 29.0 Å². The number of aliphatic hydroxyl groups excluding tert-OH is 1. The molecule has 3 heterocycles. The fourth-order valence-corrected chi connectivity index (χ4v) is 4.12. The predicted octanol–water partition coefficient (Wildman–Crippen LogP) is 1.78. The zero-order valence-corrected chi connectivity index (χ0v) is 14.4. The maximum Gasteiger partial charge on any atom is 0.240 e. The molecule has 1 fully saturated rings. The van der Waals surface area contributed by atoms with Crippen LogP contribution in [0.25, 0.3) is 10.4 Å². The van der Waals surface area contributed by atoms with Gasteiger partial charge in [0.15, 0.2) is 0 Å². The molecule has 2 aromatic heterocycles. The smallest absolute Gasteiger partial charge is 0.240 e. The normalized spacial score (nSPS) is 15.8. The number of nitrogens with one attached hydrogen (secondary N) is 1. The van der Waals surface area contributed by atoms with Gasteiger partial charge >= 0.3 is 0 Å². The molecule has 0 aromatic carbocycles. The minimum absolute atomic E-state index is 0.0403. The Kier molecular flexibility index (Phi) is 5.08. The quantitative estimate of drug-likeness (QED) is 0.765. The SMILES string of the molecule is O=C(CN1C(=O)CCC1=O)NC[C@H](O)c1ccc(-c2ccsc2)s1. The van der Waals surface area contributed by atoms with Gasteiger partial charge in [-0.2, -0.15) is 11.3 Å². The van der Waals surface area contributed by atoms with Crippen LogP contribution in [0.5, 0.6) is 0 Å². The van der Waals surface area contributed by atoms with Crippen LogP contribution in [0.15, 0.2) is 29.0 Å². The number of carbonyl (C=O) groups excluding carboxylic acids is 3. The number of nitrogens with zero attached hydrogens (tertiary/aromatic N) is 1. The van der Waals surface area contributed by atoms with Crippen LogP contribution >= 0.6 is 22.7 Å². The average Bonchev–Trinajstić information content (AvgIpc) is 3.29. The minimum Gasteiger partial charge on any atom is -0.386 e. The van der Waals surface area contributed by atoms with Crippen molar-refractivity contribution in [2.75, 3.05) is 13.1 Å². The molecule has 24 heavy (non-hydrogen) atoms. The van der Waals surface area contributed by atoms with Crippen molar-refractivity contribution in [1.29, 1.82) is 0 Å². The summed E-state index contributed by atoms with van der Waals surface area (Å²) in [6.45, 7) is -0.242. The Morgan fingerprint density at radius 1 is 1.25 bits per heavy atom. The van der Waals surface area contributed by atoms with E-state index in [-0.39, 0.29) is 37.7 Å². The van der Waals surface area contributed by atoms with Crippen LogP contribution in [0, 0.1) is 0 Å². The summed E-state index contributed by atoms with van der Waals surface area (Å²) in [5.74, 6) is -1.10. The fraction of sp³-hybridized carbons (Fsp3) is 0.312. The summed E-state index contributed by atoms with van der Waals surface area (Å²) >= 11 is 3.08. The van der Waals surface area contributed by atoms with Gasteiger partial charge < -0.3 is 10.4 Å². The highest BCUT2D eigenvalue weighted by Crippen LogP contribution is 2.32. The van der Waals surface area contributed by atoms with E-state index >= 15 is 0 Å². The first-order valence-corrected chi connectivity index (χ1v) is 9.21. The molecule has 1 atom stereocenters. The van der Waals surface area contributed by atoms with Crippen LogP contribution in [0.1, 0.15) is 23.8 Å². The standard InChI is InChI=1S/C16H16N2O4S2/c19-11(13-2-1-12(24-13)10-5-6-23-9-10)7-17-14(20)8-18-15(21)3-4-16(18)22/h1-2,5-6,9,11,19H,3-4,7-8H2,(H,17,20)/t11-/m0/s1. The van der Waals surface area contributed by atoms with Gasteiger partial charge in [-0.15, -0.1) is 11.3 Å². The molecule has 0 radical (unpaired) electrons. The molecule has 1 aliphatic heterocycles. The lowest BCUT2D eigenvalue weighted by molar-refractivity contribution is -0.142. The fourth-order valence-electron chi connectivity index (χ4n) is 2.40. The molecule has 2 aromatic rings. The summed E-state index contributed by atoms with van der Waals surface area (Å²) in [6, 6.07) is 5.79. The highest BCUT2D eigenvalue weighted by molar-refractivity contribution is 7.16. The van der Waals surface area contributed by atoms with Crippen LogP contribution in [0.3, 0.4) is 0 Å². The lowest BCUT2D eigenvalue weighted by Gasteiger charge is -2.15. The number of hydrogen-bond donors (Lipinski definition) is 2. The van der Waals surface area contributed by atoms with E-state index in [0.29, 0.717) is 0 Å². The lowest BCUT2D eigenvalue weighted by atomic mass is 10.2. The third-order valence-corrected chi connectivity index (χ3v) is 5.63. The highest BCUT2D eigenvalue weighted by atomic mass is 32.1. The number of thiophene rings is 2. The third kappa shape index (κ3) is 3.72. The molecule has 6 nitrogen and oxygen atoms in total. The molecule has 126 valence electrons. The number of aliphatic hydroxyl groups is 1. The van der Waals surface area contributed by atoms with Gasteiger partial charge in [-0.1, -0.05) is 0 Å². The zero-order valence-electron chi connectivity index (χ0n) is 12.7. The Morgan fingerprint density at radius 3 is 2.67 bits per heavy atom. The van der Waals surface area contributed by atoms with Crippen molar-refractivity contribution >= 4 is 40.4 Å². The maximum absolute atomic E-state index is 11.9. The number of likely N-dealkylation sites (tertiary alicyclic amines) is 1. The van der Waals surface area contributed by atoms with Crippen molar-refractivity contribution in [3.05, 3.63) is 33.8 Å². The molecule has 3 amide bonds. The Balaban J connectivity index is 1.52. The minimum atomic E-state index is -0.823. The molecule has 0 unspecified atom stereocenters. The van der Waals surface area contributed by atoms with E-state index in [1.165, 1.54) is 11.3 Å². The summed E-state index contributed by atoms with van der Waals surface area (Å²) in [4.78, 5) is 37.6. The second-order valence-electron chi connectivity index (χ2n) is 5.41. The van der Waals surface area contributed by atoms with E-state index in [1.807, 2.05) is 29.0 Å². The number of carbonyl (C=O) groups is 3. The lowest BCUT2D eigenvalue weighted by Crippen LogP contribution is -2.41. The zero-order chi connectivity index (χ0) is 17.1. The Bertz CT molecular complexity index is 738. The topological polar surface area (TPSA) is 86.7 Å². The van der Waals surface area contributed by atoms with E-state index in [4.69, 9.17) is 0 Å². The average molecular weight is 364 g/mol. The van der Waals surface area contributed by atoms with E-state index in [2.05, 4.69) is 5.32 Å². The van der Waals surface area contributed by atoms with Crippen LogP contribution in [-0.2, 0) is 14.4 Å². The van der Waals surface area contributed by atoms with Crippen molar-refractivity contribution in [2.24, 2.45) is 0 Å². The van der Waals surface area contributed by atoms with Gasteiger partial charge in [-0.25, -0.2) is 0 Å². The van der Waals surface area contributed by atoms with Crippen molar-refractivity contribution in [3.8, 4) is 10.4 Å². The van der Waals surface area contributed by atoms with Crippen molar-refractivity contribution < 1.29 is 19.5 Å². The number of imide groups is 1. The molecule has 0 saturated carbocycles. The number of amides is 3. The Hall–Kier alpha value is -2.03. The molecule has 8 heteroatoms. The van der Waals surface area contributed by atoms with Crippen molar-refractivity contribution in [1.82, 2.24) is 10.2 Å². The molecule has 0 spiro atoms. The molecule has 0 bridgehead atoms. The van der Waals surface area contributed by atoms with Gasteiger partial charge in [0, 0.05) is 34.7 Å². The largest absolute Gasteiger partial charge is 0.386 e. The van der Waals surface area contributed by atoms with Crippen molar-refractivity contribution in [3.63, 3.8) is 0 Å². The second kappa shape index (κ2) is 7.25.